The Bertz CT molecular complexity index is 1500. The number of likely N-dealkylation sites (tertiary alicyclic amines) is 2. The van der Waals surface area contributed by atoms with Crippen LogP contribution in [0.15, 0.2) is 40.0 Å². The van der Waals surface area contributed by atoms with Crippen LogP contribution in [0.2, 0.25) is 0 Å². The highest BCUT2D eigenvalue weighted by atomic mass is 32.1. The summed E-state index contributed by atoms with van der Waals surface area (Å²) in [6, 6.07) is -0.746. The number of aliphatic imine (C=N–C) groups is 1. The van der Waals surface area contributed by atoms with Gasteiger partial charge in [0, 0.05) is 43.0 Å². The van der Waals surface area contributed by atoms with E-state index in [2.05, 4.69) is 15.3 Å². The molecule has 2 fully saturated rings. The summed E-state index contributed by atoms with van der Waals surface area (Å²) < 4.78 is 65.3. The fourth-order valence-corrected chi connectivity index (χ4v) is 6.74. The average Bonchev–Trinajstić information content (AvgIpc) is 3.70. The Labute approximate surface area is 255 Å². The number of amidine groups is 1. The van der Waals surface area contributed by atoms with E-state index in [0.717, 1.165) is 13.0 Å². The number of carboxylic acid groups (broad SMARTS) is 1. The molecule has 1 aromatic heterocycles. The SMILES string of the molecule is CCOC(=O)C1=C(CN2CC(F)(F)[C@H]3[C@@H]2CCN3CC[C@@](C)(O)C(=O)O)NC(c2nccs2)=N[C@H]1c1ccc(F)c(F)c1C. The molecule has 238 valence electrons. The zero-order valence-corrected chi connectivity index (χ0v) is 25.1. The number of carbonyl (C=O) groups excluding carboxylic acids is 1. The van der Waals surface area contributed by atoms with Gasteiger partial charge in [-0.3, -0.25) is 14.8 Å². The van der Waals surface area contributed by atoms with E-state index in [0.29, 0.717) is 11.4 Å². The standard InChI is InChI=1S/C29H33F4N5O5S/c1-4-43-26(39)20-18(13-38-14-29(32,33)23-19(38)7-10-37(23)11-8-28(3,42)27(40)41)35-24(25-34-9-12-44-25)36-22(20)16-5-6-17(30)21(31)15(16)2/h5-6,9,12,19,22-23,42H,4,7-8,10-11,13-14H2,1-3H3,(H,35,36)(H,40,41)/t19-,22-,23+,28+/m0/s1. The quantitative estimate of drug-likeness (QED) is 0.265. The molecule has 44 heavy (non-hydrogen) atoms. The van der Waals surface area contributed by atoms with E-state index < -0.39 is 59.8 Å². The lowest BCUT2D eigenvalue weighted by Gasteiger charge is -2.31. The number of carbonyl (C=O) groups is 2. The first-order chi connectivity index (χ1) is 20.7. The van der Waals surface area contributed by atoms with Gasteiger partial charge in [-0.25, -0.2) is 32.1 Å². The number of hydrogen-bond donors (Lipinski definition) is 3. The lowest BCUT2D eigenvalue weighted by molar-refractivity contribution is -0.157. The summed E-state index contributed by atoms with van der Waals surface area (Å²) in [7, 11) is 0. The molecule has 0 saturated carbocycles. The number of esters is 1. The number of carboxylic acids is 1. The summed E-state index contributed by atoms with van der Waals surface area (Å²) in [6.07, 6.45) is 1.66. The maximum Gasteiger partial charge on any atom is 0.338 e. The zero-order valence-electron chi connectivity index (χ0n) is 24.3. The van der Waals surface area contributed by atoms with Crippen LogP contribution in [0.5, 0.6) is 0 Å². The molecule has 1 aromatic carbocycles. The van der Waals surface area contributed by atoms with Crippen molar-refractivity contribution in [2.75, 3.05) is 32.8 Å². The van der Waals surface area contributed by atoms with Gasteiger partial charge in [-0.15, -0.1) is 11.3 Å². The third-order valence-electron chi connectivity index (χ3n) is 8.43. The topological polar surface area (TPSA) is 128 Å². The molecule has 3 aliphatic heterocycles. The molecule has 0 amide bonds. The average molecular weight is 640 g/mol. The van der Waals surface area contributed by atoms with Gasteiger partial charge in [0.2, 0.25) is 0 Å². The summed E-state index contributed by atoms with van der Waals surface area (Å²) in [5, 5.41) is 24.7. The first-order valence-corrected chi connectivity index (χ1v) is 15.0. The number of halogens is 4. The first-order valence-electron chi connectivity index (χ1n) is 14.2. The molecular weight excluding hydrogens is 606 g/mol. The molecule has 4 heterocycles. The van der Waals surface area contributed by atoms with Gasteiger partial charge >= 0.3 is 11.9 Å². The van der Waals surface area contributed by atoms with Crippen LogP contribution in [0.25, 0.3) is 0 Å². The lowest BCUT2D eigenvalue weighted by Crippen LogP contribution is -2.48. The normalized spacial score (nSPS) is 24.9. The number of fused-ring (bicyclic) bond motifs is 1. The van der Waals surface area contributed by atoms with E-state index in [1.165, 1.54) is 29.2 Å². The number of rotatable bonds is 10. The predicted octanol–water partition coefficient (Wildman–Crippen LogP) is 3.26. The van der Waals surface area contributed by atoms with Gasteiger partial charge in [-0.1, -0.05) is 6.07 Å². The molecule has 3 N–H and O–H groups in total. The minimum absolute atomic E-state index is 0.00368. The molecule has 2 aromatic rings. The second-order valence-electron chi connectivity index (χ2n) is 11.4. The Morgan fingerprint density at radius 3 is 2.68 bits per heavy atom. The van der Waals surface area contributed by atoms with Crippen molar-refractivity contribution in [3.8, 4) is 0 Å². The molecule has 15 heteroatoms. The van der Waals surface area contributed by atoms with Gasteiger partial charge in [-0.05, 0) is 50.8 Å². The predicted molar refractivity (Wildman–Crippen MR) is 152 cm³/mol. The van der Waals surface area contributed by atoms with Crippen LogP contribution in [-0.2, 0) is 14.3 Å². The number of aliphatic carboxylic acids is 1. The van der Waals surface area contributed by atoms with Crippen molar-refractivity contribution in [2.24, 2.45) is 4.99 Å². The minimum atomic E-state index is -3.18. The number of nitrogens with zero attached hydrogens (tertiary/aromatic N) is 4. The minimum Gasteiger partial charge on any atom is -0.479 e. The van der Waals surface area contributed by atoms with Crippen molar-refractivity contribution in [3.05, 3.63) is 62.7 Å². The largest absolute Gasteiger partial charge is 0.479 e. The molecule has 0 unspecified atom stereocenters. The maximum atomic E-state index is 15.6. The third kappa shape index (κ3) is 5.97. The lowest BCUT2D eigenvalue weighted by atomic mass is 9.92. The van der Waals surface area contributed by atoms with Crippen molar-refractivity contribution in [1.82, 2.24) is 20.1 Å². The van der Waals surface area contributed by atoms with Crippen LogP contribution >= 0.6 is 11.3 Å². The van der Waals surface area contributed by atoms with Crippen LogP contribution < -0.4 is 5.32 Å². The number of aliphatic hydroxyl groups is 1. The van der Waals surface area contributed by atoms with E-state index in [1.54, 1.807) is 23.4 Å². The number of ether oxygens (including phenoxy) is 1. The molecule has 0 radical (unpaired) electrons. The second kappa shape index (κ2) is 12.2. The van der Waals surface area contributed by atoms with Crippen molar-refractivity contribution >= 4 is 29.1 Å². The Balaban J connectivity index is 1.52. The number of nitrogens with one attached hydrogen (secondary N) is 1. The van der Waals surface area contributed by atoms with E-state index in [-0.39, 0.29) is 60.9 Å². The van der Waals surface area contributed by atoms with Crippen LogP contribution in [0.3, 0.4) is 0 Å². The second-order valence-corrected chi connectivity index (χ2v) is 12.3. The number of alkyl halides is 2. The van der Waals surface area contributed by atoms with Gasteiger partial charge in [0.1, 0.15) is 6.04 Å². The molecule has 10 nitrogen and oxygen atoms in total. The molecule has 5 rings (SSSR count). The first kappa shape index (κ1) is 32.0. The van der Waals surface area contributed by atoms with E-state index in [9.17, 15) is 28.6 Å². The summed E-state index contributed by atoms with van der Waals surface area (Å²) in [4.78, 5) is 36.8. The summed E-state index contributed by atoms with van der Waals surface area (Å²) in [6.45, 7) is 3.54. The maximum absolute atomic E-state index is 15.6. The molecule has 0 bridgehead atoms. The van der Waals surface area contributed by atoms with Crippen LogP contribution in [-0.4, -0.2) is 99.2 Å². The van der Waals surface area contributed by atoms with Gasteiger partial charge < -0.3 is 20.3 Å². The van der Waals surface area contributed by atoms with E-state index >= 15 is 8.78 Å². The highest BCUT2D eigenvalue weighted by Crippen LogP contribution is 2.43. The number of hydrogen-bond acceptors (Lipinski definition) is 10. The van der Waals surface area contributed by atoms with E-state index in [4.69, 9.17) is 4.74 Å². The molecule has 4 atom stereocenters. The molecule has 2 saturated heterocycles. The summed E-state index contributed by atoms with van der Waals surface area (Å²) >= 11 is 1.25. The monoisotopic (exact) mass is 639 g/mol. The van der Waals surface area contributed by atoms with Crippen LogP contribution in [0, 0.1) is 18.6 Å². The van der Waals surface area contributed by atoms with Gasteiger partial charge in [0.05, 0.1) is 24.8 Å². The smallest absolute Gasteiger partial charge is 0.338 e. The van der Waals surface area contributed by atoms with Crippen molar-refractivity contribution in [3.63, 3.8) is 0 Å². The molecule has 0 aliphatic carbocycles. The third-order valence-corrected chi connectivity index (χ3v) is 9.21. The van der Waals surface area contributed by atoms with E-state index in [1.807, 2.05) is 0 Å². The summed E-state index contributed by atoms with van der Waals surface area (Å²) in [5.41, 5.74) is -1.70. The van der Waals surface area contributed by atoms with Crippen molar-refractivity contribution in [1.29, 1.82) is 0 Å². The number of benzene rings is 1. The number of thiazole rings is 1. The van der Waals surface area contributed by atoms with Crippen molar-refractivity contribution < 1.29 is 42.1 Å². The highest BCUT2D eigenvalue weighted by Gasteiger charge is 2.59. The van der Waals surface area contributed by atoms with Gasteiger partial charge in [0.15, 0.2) is 28.1 Å². The fourth-order valence-electron chi connectivity index (χ4n) is 6.15. The Morgan fingerprint density at radius 2 is 2.02 bits per heavy atom. The van der Waals surface area contributed by atoms with Crippen LogP contribution in [0.4, 0.5) is 17.6 Å². The zero-order chi connectivity index (χ0) is 32.0. The Morgan fingerprint density at radius 1 is 1.27 bits per heavy atom. The van der Waals surface area contributed by atoms with Crippen LogP contribution in [0.1, 0.15) is 48.9 Å². The summed E-state index contributed by atoms with van der Waals surface area (Å²) in [5.74, 6) is -7.31. The molecule has 3 aliphatic rings. The Hall–Kier alpha value is -3.40. The Kier molecular flexibility index (Phi) is 8.86. The van der Waals surface area contributed by atoms with Gasteiger partial charge in [-0.2, -0.15) is 0 Å². The molecule has 0 spiro atoms. The number of aromatic nitrogens is 1. The molecular formula is C29H33F4N5O5S. The highest BCUT2D eigenvalue weighted by molar-refractivity contribution is 7.11. The van der Waals surface area contributed by atoms with Crippen molar-refractivity contribution in [2.45, 2.75) is 63.3 Å². The fraction of sp³-hybridized carbons (Fsp3) is 0.517. The van der Waals surface area contributed by atoms with Gasteiger partial charge in [0.25, 0.3) is 5.92 Å².